The molecule has 5 aliphatic rings. The molecular weight excluding hydrogens is 136 g/mol. The molecule has 4 bridgehead atoms. The molecule has 1 heterocycles. The summed E-state index contributed by atoms with van der Waals surface area (Å²) in [4.78, 5) is 0. The van der Waals surface area contributed by atoms with Gasteiger partial charge in [0.2, 0.25) is 0 Å². The Hall–Kier alpha value is -0.300. The van der Waals surface area contributed by atoms with Crippen molar-refractivity contribution in [3.8, 4) is 0 Å². The van der Waals surface area contributed by atoms with E-state index >= 15 is 0 Å². The third-order valence-corrected chi connectivity index (χ3v) is 4.91. The number of fused-ring (bicyclic) bond motifs is 3. The minimum atomic E-state index is 0.644. The van der Waals surface area contributed by atoms with Gasteiger partial charge in [0.25, 0.3) is 0 Å². The highest BCUT2D eigenvalue weighted by atomic mass is 16.5. The van der Waals surface area contributed by atoms with Crippen molar-refractivity contribution in [3.05, 3.63) is 12.2 Å². The summed E-state index contributed by atoms with van der Waals surface area (Å²) in [6, 6.07) is 0. The molecule has 0 amide bonds. The number of ether oxygens (including phenoxy) is 1. The van der Waals surface area contributed by atoms with Crippen molar-refractivity contribution in [2.24, 2.45) is 35.5 Å². The Balaban J connectivity index is 1.87. The zero-order chi connectivity index (χ0) is 6.74. The molecule has 0 aromatic rings. The highest BCUT2D eigenvalue weighted by Gasteiger charge is 2.82. The highest BCUT2D eigenvalue weighted by molar-refractivity contribution is 5.36. The first kappa shape index (κ1) is 4.66. The van der Waals surface area contributed by atoms with Crippen LogP contribution in [0.3, 0.4) is 0 Å². The second kappa shape index (κ2) is 1.03. The van der Waals surface area contributed by atoms with Gasteiger partial charge in [-0.1, -0.05) is 12.2 Å². The maximum atomic E-state index is 6.00. The van der Waals surface area contributed by atoms with Crippen LogP contribution in [0.1, 0.15) is 0 Å². The molecule has 5 rings (SSSR count). The maximum absolute atomic E-state index is 6.00. The maximum Gasteiger partial charge on any atom is 0.0710 e. The molecule has 1 aliphatic heterocycles. The molecule has 56 valence electrons. The van der Waals surface area contributed by atoms with Gasteiger partial charge in [-0.3, -0.25) is 0 Å². The Morgan fingerprint density at radius 1 is 0.727 bits per heavy atom. The van der Waals surface area contributed by atoms with E-state index in [1.165, 1.54) is 0 Å². The van der Waals surface area contributed by atoms with Crippen LogP contribution in [0.2, 0.25) is 0 Å². The fraction of sp³-hybridized carbons (Fsp3) is 0.800. The van der Waals surface area contributed by atoms with Gasteiger partial charge in [-0.15, -0.1) is 0 Å². The van der Waals surface area contributed by atoms with Gasteiger partial charge in [0, 0.05) is 11.8 Å². The summed E-state index contributed by atoms with van der Waals surface area (Å²) < 4.78 is 6.00. The lowest BCUT2D eigenvalue weighted by atomic mass is 9.73. The van der Waals surface area contributed by atoms with E-state index in [4.69, 9.17) is 4.74 Å². The molecule has 1 saturated heterocycles. The average Bonchev–Trinajstić information content (AvgIpc) is 2.48. The molecule has 0 aromatic carbocycles. The predicted molar refractivity (Wildman–Crippen MR) is 38.7 cm³/mol. The average molecular weight is 146 g/mol. The van der Waals surface area contributed by atoms with Crippen LogP contribution < -0.4 is 0 Å². The molecule has 1 heteroatoms. The second-order valence-corrected chi connectivity index (χ2v) is 4.91. The lowest BCUT2D eigenvalue weighted by Gasteiger charge is -2.29. The van der Waals surface area contributed by atoms with Gasteiger partial charge in [-0.05, 0) is 23.7 Å². The van der Waals surface area contributed by atoms with Crippen molar-refractivity contribution in [1.82, 2.24) is 0 Å². The minimum Gasteiger partial charge on any atom is -0.373 e. The fourth-order valence-electron chi connectivity index (χ4n) is 4.63. The Bertz CT molecular complexity index is 287. The molecule has 0 N–H and O–H groups in total. The van der Waals surface area contributed by atoms with Crippen LogP contribution in [-0.4, -0.2) is 12.2 Å². The quantitative estimate of drug-likeness (QED) is 0.464. The van der Waals surface area contributed by atoms with Gasteiger partial charge in [0.05, 0.1) is 12.2 Å². The van der Waals surface area contributed by atoms with Crippen LogP contribution in [0.5, 0.6) is 0 Å². The molecule has 8 unspecified atom stereocenters. The topological polar surface area (TPSA) is 9.23 Å². The zero-order valence-electron chi connectivity index (χ0n) is 6.18. The monoisotopic (exact) mass is 146 g/mol. The first-order chi connectivity index (χ1) is 5.47. The van der Waals surface area contributed by atoms with E-state index in [2.05, 4.69) is 12.2 Å². The smallest absolute Gasteiger partial charge is 0.0710 e. The Morgan fingerprint density at radius 2 is 1.55 bits per heavy atom. The molecule has 8 atom stereocenters. The zero-order valence-corrected chi connectivity index (χ0v) is 6.18. The number of rotatable bonds is 0. The van der Waals surface area contributed by atoms with Crippen molar-refractivity contribution in [2.75, 3.05) is 0 Å². The van der Waals surface area contributed by atoms with Gasteiger partial charge in [-0.25, -0.2) is 0 Å². The van der Waals surface area contributed by atoms with Crippen molar-refractivity contribution in [1.29, 1.82) is 0 Å². The van der Waals surface area contributed by atoms with E-state index in [1.54, 1.807) is 0 Å². The molecule has 0 aromatic heterocycles. The molecule has 0 radical (unpaired) electrons. The Morgan fingerprint density at radius 3 is 2.45 bits per heavy atom. The van der Waals surface area contributed by atoms with Gasteiger partial charge < -0.3 is 4.74 Å². The second-order valence-electron chi connectivity index (χ2n) is 4.91. The summed E-state index contributed by atoms with van der Waals surface area (Å²) in [6.45, 7) is 0. The van der Waals surface area contributed by atoms with Crippen molar-refractivity contribution < 1.29 is 4.74 Å². The summed E-state index contributed by atoms with van der Waals surface area (Å²) >= 11 is 0. The molecule has 3 saturated carbocycles. The van der Waals surface area contributed by atoms with Crippen LogP contribution in [0.25, 0.3) is 0 Å². The molecular formula is C10H10O. The Kier molecular flexibility index (Phi) is 0.436. The van der Waals surface area contributed by atoms with E-state index < -0.39 is 0 Å². The number of hydrogen-bond donors (Lipinski definition) is 0. The lowest BCUT2D eigenvalue weighted by Crippen LogP contribution is -2.34. The van der Waals surface area contributed by atoms with E-state index in [0.717, 1.165) is 41.6 Å². The third kappa shape index (κ3) is 0.264. The van der Waals surface area contributed by atoms with E-state index in [9.17, 15) is 0 Å². The van der Waals surface area contributed by atoms with Gasteiger partial charge in [0.1, 0.15) is 0 Å². The summed E-state index contributed by atoms with van der Waals surface area (Å²) in [5.41, 5.74) is 0. The molecule has 0 spiro atoms. The van der Waals surface area contributed by atoms with Gasteiger partial charge >= 0.3 is 0 Å². The third-order valence-electron chi connectivity index (χ3n) is 4.91. The molecule has 4 fully saturated rings. The fourth-order valence-corrected chi connectivity index (χ4v) is 4.63. The van der Waals surface area contributed by atoms with Crippen molar-refractivity contribution >= 4 is 0 Å². The standard InChI is InChI=1S/C10H10O/c1-2-4-6-7-5-3(1)9(4)11-10(6)8(5)7/h1-10H. The SMILES string of the molecule is C1=CC2C3OC4C(C13)C1C2C41. The first-order valence-electron chi connectivity index (χ1n) is 4.80. The lowest BCUT2D eigenvalue weighted by molar-refractivity contribution is -0.0439. The highest BCUT2D eigenvalue weighted by Crippen LogP contribution is 2.80. The van der Waals surface area contributed by atoms with Crippen molar-refractivity contribution in [2.45, 2.75) is 12.2 Å². The van der Waals surface area contributed by atoms with Crippen LogP contribution in [-0.2, 0) is 4.74 Å². The van der Waals surface area contributed by atoms with Crippen LogP contribution >= 0.6 is 0 Å². The van der Waals surface area contributed by atoms with Gasteiger partial charge in [-0.2, -0.15) is 0 Å². The normalized spacial score (nSPS) is 83.6. The largest absolute Gasteiger partial charge is 0.373 e. The van der Waals surface area contributed by atoms with Crippen LogP contribution in [0.15, 0.2) is 12.2 Å². The predicted octanol–water partition coefficient (Wildman–Crippen LogP) is 1.06. The molecule has 4 aliphatic carbocycles. The van der Waals surface area contributed by atoms with E-state index in [0.29, 0.717) is 6.10 Å². The van der Waals surface area contributed by atoms with E-state index in [1.807, 2.05) is 0 Å². The summed E-state index contributed by atoms with van der Waals surface area (Å²) in [7, 11) is 0. The summed E-state index contributed by atoms with van der Waals surface area (Å²) in [5, 5.41) is 0. The molecule has 1 nitrogen and oxygen atoms in total. The molecule has 11 heavy (non-hydrogen) atoms. The first-order valence-corrected chi connectivity index (χ1v) is 4.80. The van der Waals surface area contributed by atoms with E-state index in [-0.39, 0.29) is 0 Å². The minimum absolute atomic E-state index is 0.644. The summed E-state index contributed by atoms with van der Waals surface area (Å²) in [6.07, 6.45) is 6.26. The van der Waals surface area contributed by atoms with Crippen molar-refractivity contribution in [3.63, 3.8) is 0 Å². The van der Waals surface area contributed by atoms with Crippen LogP contribution in [0, 0.1) is 35.5 Å². The Labute approximate surface area is 65.4 Å². The van der Waals surface area contributed by atoms with Gasteiger partial charge in [0.15, 0.2) is 0 Å². The summed E-state index contributed by atoms with van der Waals surface area (Å²) in [5.74, 6) is 5.90. The number of hydrogen-bond acceptors (Lipinski definition) is 1. The van der Waals surface area contributed by atoms with Crippen LogP contribution in [0.4, 0.5) is 0 Å².